The van der Waals surface area contributed by atoms with E-state index in [1.165, 1.54) is 6.42 Å². The summed E-state index contributed by atoms with van der Waals surface area (Å²) in [5.74, 6) is 2.13. The van der Waals surface area contributed by atoms with E-state index in [1.807, 2.05) is 6.92 Å². The summed E-state index contributed by atoms with van der Waals surface area (Å²) in [6, 6.07) is 0. The zero-order chi connectivity index (χ0) is 10.8. The Bertz CT molecular complexity index is 289. The van der Waals surface area contributed by atoms with Crippen molar-refractivity contribution < 1.29 is 4.42 Å². The van der Waals surface area contributed by atoms with Crippen molar-refractivity contribution in [3.05, 3.63) is 11.8 Å². The van der Waals surface area contributed by atoms with Gasteiger partial charge in [-0.15, -0.1) is 10.2 Å². The lowest BCUT2D eigenvalue weighted by Gasteiger charge is -2.20. The highest BCUT2D eigenvalue weighted by Gasteiger charge is 2.26. The van der Waals surface area contributed by atoms with Gasteiger partial charge in [-0.1, -0.05) is 27.7 Å². The molecule has 3 heteroatoms. The van der Waals surface area contributed by atoms with Crippen molar-refractivity contribution in [3.8, 4) is 0 Å². The third kappa shape index (κ3) is 2.82. The van der Waals surface area contributed by atoms with Gasteiger partial charge in [-0.3, -0.25) is 0 Å². The van der Waals surface area contributed by atoms with Gasteiger partial charge in [0.05, 0.1) is 0 Å². The van der Waals surface area contributed by atoms with Crippen LogP contribution >= 0.6 is 0 Å². The zero-order valence-corrected chi connectivity index (χ0v) is 9.79. The summed E-state index contributed by atoms with van der Waals surface area (Å²) in [7, 11) is 0. The van der Waals surface area contributed by atoms with Crippen LogP contribution < -0.4 is 0 Å². The van der Waals surface area contributed by atoms with Crippen LogP contribution in [0.5, 0.6) is 0 Å². The molecule has 0 bridgehead atoms. The van der Waals surface area contributed by atoms with Crippen molar-refractivity contribution >= 4 is 0 Å². The molecule has 0 unspecified atom stereocenters. The van der Waals surface area contributed by atoms with Crippen LogP contribution in [0.2, 0.25) is 0 Å². The maximum Gasteiger partial charge on any atom is 0.222 e. The third-order valence-electron chi connectivity index (χ3n) is 2.45. The monoisotopic (exact) mass is 196 g/mol. The first-order valence-corrected chi connectivity index (χ1v) is 5.22. The molecule has 0 radical (unpaired) electrons. The van der Waals surface area contributed by atoms with Crippen LogP contribution in [-0.2, 0) is 5.41 Å². The van der Waals surface area contributed by atoms with E-state index in [4.69, 9.17) is 4.42 Å². The predicted molar refractivity (Wildman–Crippen MR) is 56.1 cm³/mol. The Morgan fingerprint density at radius 1 is 1.29 bits per heavy atom. The summed E-state index contributed by atoms with van der Waals surface area (Å²) in [6.07, 6.45) is 2.28. The van der Waals surface area contributed by atoms with E-state index < -0.39 is 0 Å². The first kappa shape index (κ1) is 11.2. The first-order chi connectivity index (χ1) is 6.42. The van der Waals surface area contributed by atoms with Crippen LogP contribution in [0.15, 0.2) is 4.42 Å². The van der Waals surface area contributed by atoms with Gasteiger partial charge >= 0.3 is 0 Å². The molecule has 80 valence electrons. The molecule has 14 heavy (non-hydrogen) atoms. The van der Waals surface area contributed by atoms with E-state index in [1.54, 1.807) is 0 Å². The molecule has 0 aliphatic rings. The SMILES string of the molecule is Cc1nnc(C(C)(C)CCC(C)C)o1. The molecular formula is C11H20N2O. The number of aromatic nitrogens is 2. The summed E-state index contributed by atoms with van der Waals surface area (Å²) in [5.41, 5.74) is 0.00549. The minimum Gasteiger partial charge on any atom is -0.425 e. The maximum absolute atomic E-state index is 5.46. The number of nitrogens with zero attached hydrogens (tertiary/aromatic N) is 2. The van der Waals surface area contributed by atoms with Gasteiger partial charge in [0.15, 0.2) is 0 Å². The molecule has 1 aromatic rings. The normalized spacial score (nSPS) is 12.4. The molecule has 0 aromatic carbocycles. The molecule has 0 fully saturated rings. The van der Waals surface area contributed by atoms with E-state index in [2.05, 4.69) is 37.9 Å². The van der Waals surface area contributed by atoms with Gasteiger partial charge in [-0.2, -0.15) is 0 Å². The summed E-state index contributed by atoms with van der Waals surface area (Å²) < 4.78 is 5.46. The van der Waals surface area contributed by atoms with Crippen LogP contribution in [0.3, 0.4) is 0 Å². The second-order valence-corrected chi connectivity index (χ2v) is 4.94. The van der Waals surface area contributed by atoms with Crippen molar-refractivity contribution in [3.63, 3.8) is 0 Å². The molecule has 0 aliphatic heterocycles. The van der Waals surface area contributed by atoms with Crippen LogP contribution in [-0.4, -0.2) is 10.2 Å². The summed E-state index contributed by atoms with van der Waals surface area (Å²) in [6.45, 7) is 10.6. The van der Waals surface area contributed by atoms with Gasteiger partial charge in [-0.25, -0.2) is 0 Å². The zero-order valence-electron chi connectivity index (χ0n) is 9.79. The second-order valence-electron chi connectivity index (χ2n) is 4.94. The average molecular weight is 196 g/mol. The predicted octanol–water partition coefficient (Wildman–Crippen LogP) is 3.09. The van der Waals surface area contributed by atoms with Crippen molar-refractivity contribution in [1.29, 1.82) is 0 Å². The van der Waals surface area contributed by atoms with Crippen LogP contribution in [0, 0.1) is 12.8 Å². The van der Waals surface area contributed by atoms with Gasteiger partial charge < -0.3 is 4.42 Å². The minimum atomic E-state index is 0.00549. The lowest BCUT2D eigenvalue weighted by Crippen LogP contribution is -2.18. The second kappa shape index (κ2) is 4.11. The lowest BCUT2D eigenvalue weighted by molar-refractivity contribution is 0.320. The van der Waals surface area contributed by atoms with E-state index in [-0.39, 0.29) is 5.41 Å². The summed E-state index contributed by atoms with van der Waals surface area (Å²) in [4.78, 5) is 0. The minimum absolute atomic E-state index is 0.00549. The number of hydrogen-bond donors (Lipinski definition) is 0. The van der Waals surface area contributed by atoms with E-state index in [0.717, 1.165) is 18.2 Å². The Balaban J connectivity index is 2.65. The Kier molecular flexibility index (Phi) is 3.29. The number of aryl methyl sites for hydroxylation is 1. The van der Waals surface area contributed by atoms with Gasteiger partial charge in [0.25, 0.3) is 0 Å². The lowest BCUT2D eigenvalue weighted by atomic mass is 9.85. The molecule has 0 aliphatic carbocycles. The largest absolute Gasteiger partial charge is 0.425 e. The van der Waals surface area contributed by atoms with Crippen molar-refractivity contribution in [1.82, 2.24) is 10.2 Å². The quantitative estimate of drug-likeness (QED) is 0.742. The number of rotatable bonds is 4. The fraction of sp³-hybridized carbons (Fsp3) is 0.818. The van der Waals surface area contributed by atoms with Crippen molar-refractivity contribution in [2.75, 3.05) is 0 Å². The van der Waals surface area contributed by atoms with Crippen LogP contribution in [0.1, 0.15) is 52.3 Å². The number of hydrogen-bond acceptors (Lipinski definition) is 3. The molecular weight excluding hydrogens is 176 g/mol. The molecule has 0 atom stereocenters. The molecule has 1 aromatic heterocycles. The highest BCUT2D eigenvalue weighted by atomic mass is 16.4. The van der Waals surface area contributed by atoms with Gasteiger partial charge in [0, 0.05) is 12.3 Å². The summed E-state index contributed by atoms with van der Waals surface area (Å²) in [5, 5.41) is 7.94. The van der Waals surface area contributed by atoms with E-state index in [0.29, 0.717) is 5.89 Å². The molecule has 0 spiro atoms. The average Bonchev–Trinajstić information content (AvgIpc) is 2.49. The van der Waals surface area contributed by atoms with E-state index >= 15 is 0 Å². The molecule has 0 amide bonds. The van der Waals surface area contributed by atoms with Gasteiger partial charge in [0.1, 0.15) is 0 Å². The fourth-order valence-electron chi connectivity index (χ4n) is 1.33. The smallest absolute Gasteiger partial charge is 0.222 e. The Hall–Kier alpha value is -0.860. The molecule has 0 N–H and O–H groups in total. The molecule has 1 heterocycles. The van der Waals surface area contributed by atoms with Gasteiger partial charge in [0.2, 0.25) is 11.8 Å². The van der Waals surface area contributed by atoms with Crippen molar-refractivity contribution in [2.45, 2.75) is 52.9 Å². The molecule has 1 rings (SSSR count). The topological polar surface area (TPSA) is 38.9 Å². The molecule has 3 nitrogen and oxygen atoms in total. The highest BCUT2D eigenvalue weighted by molar-refractivity contribution is 4.98. The molecule has 0 saturated heterocycles. The van der Waals surface area contributed by atoms with Crippen molar-refractivity contribution in [2.24, 2.45) is 5.92 Å². The first-order valence-electron chi connectivity index (χ1n) is 5.22. The molecule has 0 saturated carbocycles. The van der Waals surface area contributed by atoms with Crippen LogP contribution in [0.25, 0.3) is 0 Å². The fourth-order valence-corrected chi connectivity index (χ4v) is 1.33. The summed E-state index contributed by atoms with van der Waals surface area (Å²) >= 11 is 0. The van der Waals surface area contributed by atoms with E-state index in [9.17, 15) is 0 Å². The maximum atomic E-state index is 5.46. The Morgan fingerprint density at radius 2 is 1.93 bits per heavy atom. The third-order valence-corrected chi connectivity index (χ3v) is 2.45. The van der Waals surface area contributed by atoms with Crippen LogP contribution in [0.4, 0.5) is 0 Å². The highest BCUT2D eigenvalue weighted by Crippen LogP contribution is 2.28. The Labute approximate surface area is 85.9 Å². The standard InChI is InChI=1S/C11H20N2O/c1-8(2)6-7-11(4,5)10-13-12-9(3)14-10/h8H,6-7H2,1-5H3. The van der Waals surface area contributed by atoms with Gasteiger partial charge in [-0.05, 0) is 18.8 Å². The Morgan fingerprint density at radius 3 is 2.36 bits per heavy atom.